The van der Waals surface area contributed by atoms with Crippen LogP contribution in [0.4, 0.5) is 0 Å². The van der Waals surface area contributed by atoms with E-state index in [1.54, 1.807) is 0 Å². The highest BCUT2D eigenvalue weighted by molar-refractivity contribution is 5.15. The second kappa shape index (κ2) is 4.90. The van der Waals surface area contributed by atoms with Crippen LogP contribution in [0.1, 0.15) is 36.2 Å². The molecule has 1 aromatic carbocycles. The largest absolute Gasteiger partial charge is 0.338 e. The zero-order valence-corrected chi connectivity index (χ0v) is 10.2. The van der Waals surface area contributed by atoms with E-state index in [0.29, 0.717) is 11.8 Å². The number of benzene rings is 1. The summed E-state index contributed by atoms with van der Waals surface area (Å²) >= 11 is 0. The topological polar surface area (TPSA) is 64.9 Å². The molecule has 1 aliphatic rings. The Hall–Kier alpha value is -1.68. The minimum atomic E-state index is -0.0667. The Kier molecular flexibility index (Phi) is 3.11. The fraction of sp³-hybridized carbons (Fsp3) is 0.429. The predicted octanol–water partition coefficient (Wildman–Crippen LogP) is 2.26. The molecule has 0 saturated heterocycles. The smallest absolute Gasteiger partial charge is 0.243 e. The SMILES string of the molecule is NC(c1nc(CCc2ccccc2)no1)C1CC1. The van der Waals surface area contributed by atoms with Gasteiger partial charge in [-0.2, -0.15) is 4.98 Å². The number of rotatable bonds is 5. The van der Waals surface area contributed by atoms with Crippen molar-refractivity contribution in [3.63, 3.8) is 0 Å². The standard InChI is InChI=1S/C14H17N3O/c15-13(11-7-8-11)14-16-12(17-18-14)9-6-10-4-2-1-3-5-10/h1-5,11,13H,6-9,15H2. The van der Waals surface area contributed by atoms with E-state index in [1.807, 2.05) is 18.2 Å². The number of nitrogens with zero attached hydrogens (tertiary/aromatic N) is 2. The maximum absolute atomic E-state index is 6.02. The molecular weight excluding hydrogens is 226 g/mol. The van der Waals surface area contributed by atoms with E-state index < -0.39 is 0 Å². The van der Waals surface area contributed by atoms with Gasteiger partial charge < -0.3 is 10.3 Å². The summed E-state index contributed by atoms with van der Waals surface area (Å²) in [6.07, 6.45) is 4.09. The Labute approximate surface area is 106 Å². The van der Waals surface area contributed by atoms with Gasteiger partial charge in [0, 0.05) is 6.42 Å². The Bertz CT molecular complexity index is 505. The molecule has 3 rings (SSSR count). The lowest BCUT2D eigenvalue weighted by Crippen LogP contribution is -2.12. The van der Waals surface area contributed by atoms with Crippen molar-refractivity contribution in [3.05, 3.63) is 47.6 Å². The van der Waals surface area contributed by atoms with Gasteiger partial charge in [-0.15, -0.1) is 0 Å². The molecule has 4 nitrogen and oxygen atoms in total. The molecule has 1 aromatic heterocycles. The third-order valence-corrected chi connectivity index (χ3v) is 3.38. The van der Waals surface area contributed by atoms with Crippen molar-refractivity contribution in [2.75, 3.05) is 0 Å². The lowest BCUT2D eigenvalue weighted by atomic mass is 10.1. The van der Waals surface area contributed by atoms with Gasteiger partial charge in [0.25, 0.3) is 0 Å². The minimum absolute atomic E-state index is 0.0667. The van der Waals surface area contributed by atoms with Crippen molar-refractivity contribution in [2.24, 2.45) is 11.7 Å². The van der Waals surface area contributed by atoms with Crippen LogP contribution in [0.5, 0.6) is 0 Å². The van der Waals surface area contributed by atoms with Gasteiger partial charge in [0.2, 0.25) is 5.89 Å². The van der Waals surface area contributed by atoms with E-state index in [4.69, 9.17) is 10.3 Å². The number of aryl methyl sites for hydroxylation is 2. The number of hydrogen-bond acceptors (Lipinski definition) is 4. The molecule has 2 aromatic rings. The van der Waals surface area contributed by atoms with Crippen LogP contribution in [-0.4, -0.2) is 10.1 Å². The Morgan fingerprint density at radius 3 is 2.72 bits per heavy atom. The molecule has 1 aliphatic carbocycles. The molecule has 1 heterocycles. The summed E-state index contributed by atoms with van der Waals surface area (Å²) in [7, 11) is 0. The lowest BCUT2D eigenvalue weighted by Gasteiger charge is -2.01. The van der Waals surface area contributed by atoms with Crippen molar-refractivity contribution in [1.82, 2.24) is 10.1 Å². The first-order valence-corrected chi connectivity index (χ1v) is 6.45. The quantitative estimate of drug-likeness (QED) is 0.874. The first kappa shape index (κ1) is 11.4. The van der Waals surface area contributed by atoms with Gasteiger partial charge >= 0.3 is 0 Å². The first-order chi connectivity index (χ1) is 8.83. The summed E-state index contributed by atoms with van der Waals surface area (Å²) in [6, 6.07) is 10.3. The number of nitrogens with two attached hydrogens (primary N) is 1. The van der Waals surface area contributed by atoms with Crippen molar-refractivity contribution in [2.45, 2.75) is 31.7 Å². The summed E-state index contributed by atoms with van der Waals surface area (Å²) in [5.41, 5.74) is 7.31. The summed E-state index contributed by atoms with van der Waals surface area (Å²) in [4.78, 5) is 4.38. The molecule has 94 valence electrons. The maximum Gasteiger partial charge on any atom is 0.243 e. The number of hydrogen-bond donors (Lipinski definition) is 1. The van der Waals surface area contributed by atoms with Crippen LogP contribution in [-0.2, 0) is 12.8 Å². The van der Waals surface area contributed by atoms with Crippen LogP contribution in [0.15, 0.2) is 34.9 Å². The average Bonchev–Trinajstić information content (AvgIpc) is 3.15. The molecule has 1 unspecified atom stereocenters. The zero-order valence-electron chi connectivity index (χ0n) is 10.2. The van der Waals surface area contributed by atoms with E-state index in [-0.39, 0.29) is 6.04 Å². The molecule has 1 atom stereocenters. The van der Waals surface area contributed by atoms with Crippen LogP contribution in [0, 0.1) is 5.92 Å². The number of aromatic nitrogens is 2. The molecular formula is C14H17N3O. The van der Waals surface area contributed by atoms with Gasteiger partial charge in [-0.1, -0.05) is 35.5 Å². The van der Waals surface area contributed by atoms with E-state index >= 15 is 0 Å². The van der Waals surface area contributed by atoms with E-state index in [1.165, 1.54) is 18.4 Å². The van der Waals surface area contributed by atoms with Crippen molar-refractivity contribution in [3.8, 4) is 0 Å². The maximum atomic E-state index is 6.02. The summed E-state index contributed by atoms with van der Waals surface area (Å²) in [6.45, 7) is 0. The third kappa shape index (κ3) is 2.59. The first-order valence-electron chi connectivity index (χ1n) is 6.45. The molecule has 0 bridgehead atoms. The fourth-order valence-electron chi connectivity index (χ4n) is 2.06. The highest BCUT2D eigenvalue weighted by atomic mass is 16.5. The van der Waals surface area contributed by atoms with Crippen LogP contribution in [0.25, 0.3) is 0 Å². The van der Waals surface area contributed by atoms with Crippen molar-refractivity contribution >= 4 is 0 Å². The Morgan fingerprint density at radius 1 is 1.22 bits per heavy atom. The summed E-state index contributed by atoms with van der Waals surface area (Å²) < 4.78 is 5.23. The monoisotopic (exact) mass is 243 g/mol. The van der Waals surface area contributed by atoms with E-state index in [9.17, 15) is 0 Å². The average molecular weight is 243 g/mol. The van der Waals surface area contributed by atoms with Crippen molar-refractivity contribution in [1.29, 1.82) is 0 Å². The van der Waals surface area contributed by atoms with Gasteiger partial charge in [0.15, 0.2) is 5.82 Å². The van der Waals surface area contributed by atoms with Crippen LogP contribution in [0.3, 0.4) is 0 Å². The fourth-order valence-corrected chi connectivity index (χ4v) is 2.06. The molecule has 18 heavy (non-hydrogen) atoms. The molecule has 0 aliphatic heterocycles. The predicted molar refractivity (Wildman–Crippen MR) is 67.8 cm³/mol. The van der Waals surface area contributed by atoms with Crippen LogP contribution >= 0.6 is 0 Å². The summed E-state index contributed by atoms with van der Waals surface area (Å²) in [5, 5.41) is 4.00. The van der Waals surface area contributed by atoms with E-state index in [2.05, 4.69) is 22.3 Å². The van der Waals surface area contributed by atoms with Gasteiger partial charge in [0.1, 0.15) is 0 Å². The van der Waals surface area contributed by atoms with Gasteiger partial charge in [0.05, 0.1) is 6.04 Å². The van der Waals surface area contributed by atoms with Gasteiger partial charge in [-0.05, 0) is 30.7 Å². The highest BCUT2D eigenvalue weighted by Gasteiger charge is 2.33. The molecule has 2 N–H and O–H groups in total. The molecule has 4 heteroatoms. The van der Waals surface area contributed by atoms with Gasteiger partial charge in [-0.3, -0.25) is 0 Å². The van der Waals surface area contributed by atoms with Crippen LogP contribution < -0.4 is 5.73 Å². The van der Waals surface area contributed by atoms with Crippen molar-refractivity contribution < 1.29 is 4.52 Å². The molecule has 0 radical (unpaired) electrons. The molecule has 1 fully saturated rings. The van der Waals surface area contributed by atoms with E-state index in [0.717, 1.165) is 18.7 Å². The summed E-state index contributed by atoms with van der Waals surface area (Å²) in [5.74, 6) is 1.90. The Morgan fingerprint density at radius 2 is 2.00 bits per heavy atom. The third-order valence-electron chi connectivity index (χ3n) is 3.38. The second-order valence-corrected chi connectivity index (χ2v) is 4.90. The Balaban J connectivity index is 1.60. The molecule has 0 amide bonds. The van der Waals surface area contributed by atoms with Gasteiger partial charge in [-0.25, -0.2) is 0 Å². The normalized spacial score (nSPS) is 16.7. The lowest BCUT2D eigenvalue weighted by molar-refractivity contribution is 0.340. The zero-order chi connectivity index (χ0) is 12.4. The molecule has 1 saturated carbocycles. The second-order valence-electron chi connectivity index (χ2n) is 4.90. The van der Waals surface area contributed by atoms with Crippen LogP contribution in [0.2, 0.25) is 0 Å². The molecule has 0 spiro atoms. The highest BCUT2D eigenvalue weighted by Crippen LogP contribution is 2.38. The minimum Gasteiger partial charge on any atom is -0.338 e.